The lowest BCUT2D eigenvalue weighted by molar-refractivity contribution is -0.122. The van der Waals surface area contributed by atoms with E-state index >= 15 is 0 Å². The Morgan fingerprint density at radius 1 is 1.26 bits per heavy atom. The molecule has 0 saturated carbocycles. The number of nitrogens with one attached hydrogen (secondary N) is 1. The first-order valence-electron chi connectivity index (χ1n) is 9.75. The molecule has 3 N–H and O–H groups in total. The van der Waals surface area contributed by atoms with Crippen molar-refractivity contribution in [1.29, 1.82) is 0 Å². The van der Waals surface area contributed by atoms with Crippen LogP contribution >= 0.6 is 0 Å². The molecule has 2 aromatic rings. The summed E-state index contributed by atoms with van der Waals surface area (Å²) in [5, 5.41) is 22.0. The van der Waals surface area contributed by atoms with Crippen molar-refractivity contribution in [2.45, 2.75) is 25.7 Å². The van der Waals surface area contributed by atoms with Gasteiger partial charge >= 0.3 is 7.12 Å². The van der Waals surface area contributed by atoms with E-state index in [9.17, 15) is 24.0 Å². The highest BCUT2D eigenvalue weighted by molar-refractivity contribution is 6.43. The summed E-state index contributed by atoms with van der Waals surface area (Å²) in [6.45, 7) is 4.77. The number of benzene rings is 2. The van der Waals surface area contributed by atoms with Crippen LogP contribution in [0.3, 0.4) is 0 Å². The predicted molar refractivity (Wildman–Crippen MR) is 117 cm³/mol. The Morgan fingerprint density at radius 3 is 2.58 bits per heavy atom. The number of nitrogens with zero attached hydrogens (tertiary/aromatic N) is 1. The molecule has 0 heterocycles. The molecule has 9 heteroatoms. The van der Waals surface area contributed by atoms with Crippen LogP contribution in [0.1, 0.15) is 17.5 Å². The molecule has 164 valence electrons. The molecule has 7 nitrogen and oxygen atoms in total. The molecule has 1 atom stereocenters. The topological polar surface area (TPSA) is 99.1 Å². The second-order valence-corrected chi connectivity index (χ2v) is 6.97. The van der Waals surface area contributed by atoms with Crippen LogP contribution in [0.25, 0.3) is 0 Å². The summed E-state index contributed by atoms with van der Waals surface area (Å²) >= 11 is 0. The molecule has 2 rings (SSSR count). The van der Waals surface area contributed by atoms with Crippen LogP contribution in [0.5, 0.6) is 5.75 Å². The number of anilines is 1. The molecule has 2 amide bonds. The van der Waals surface area contributed by atoms with Gasteiger partial charge in [-0.1, -0.05) is 36.9 Å². The lowest BCUT2D eigenvalue weighted by Gasteiger charge is -2.24. The van der Waals surface area contributed by atoms with E-state index in [0.29, 0.717) is 12.2 Å². The summed E-state index contributed by atoms with van der Waals surface area (Å²) in [4.78, 5) is 25.7. The highest BCUT2D eigenvalue weighted by Crippen LogP contribution is 2.24. The first-order valence-corrected chi connectivity index (χ1v) is 9.75. The molecule has 31 heavy (non-hydrogen) atoms. The van der Waals surface area contributed by atoms with Gasteiger partial charge in [0.15, 0.2) is 0 Å². The maximum atomic E-state index is 14.1. The Morgan fingerprint density at radius 2 is 1.97 bits per heavy atom. The van der Waals surface area contributed by atoms with Gasteiger partial charge in [0.25, 0.3) is 5.91 Å². The molecule has 0 aliphatic heterocycles. The maximum absolute atomic E-state index is 14.1. The molecular weight excluding hydrogens is 402 g/mol. The van der Waals surface area contributed by atoms with Crippen molar-refractivity contribution in [3.05, 3.63) is 72.1 Å². The molecule has 0 fully saturated rings. The van der Waals surface area contributed by atoms with E-state index in [1.54, 1.807) is 7.11 Å². The van der Waals surface area contributed by atoms with E-state index in [-0.39, 0.29) is 12.1 Å². The van der Waals surface area contributed by atoms with Gasteiger partial charge in [-0.15, -0.1) is 0 Å². The molecule has 0 saturated heterocycles. The maximum Gasteiger partial charge on any atom is 0.475 e. The van der Waals surface area contributed by atoms with Crippen LogP contribution in [0.2, 0.25) is 0 Å². The van der Waals surface area contributed by atoms with Crippen molar-refractivity contribution in [2.24, 2.45) is 0 Å². The Kier molecular flexibility index (Phi) is 8.78. The van der Waals surface area contributed by atoms with Gasteiger partial charge < -0.3 is 20.1 Å². The summed E-state index contributed by atoms with van der Waals surface area (Å²) in [7, 11) is -0.267. The Hall–Kier alpha value is -3.17. The SMILES string of the molecule is C=CC(=O)N(CC(=O)NC(CCc1cccc(C)c1OC)B(O)O)c1ccccc1F. The number of carbonyl (C=O) groups is 2. The minimum Gasteiger partial charge on any atom is -0.496 e. The fraction of sp³-hybridized carbons (Fsp3) is 0.273. The first kappa shape index (κ1) is 24.1. The third-order valence-corrected chi connectivity index (χ3v) is 4.81. The fourth-order valence-electron chi connectivity index (χ4n) is 3.27. The van der Waals surface area contributed by atoms with Crippen LogP contribution in [-0.4, -0.2) is 48.6 Å². The molecule has 2 aromatic carbocycles. The highest BCUT2D eigenvalue weighted by Gasteiger charge is 2.27. The lowest BCUT2D eigenvalue weighted by Crippen LogP contribution is -2.50. The van der Waals surface area contributed by atoms with Gasteiger partial charge in [-0.3, -0.25) is 14.5 Å². The number of hydrogen-bond donors (Lipinski definition) is 3. The Balaban J connectivity index is 2.11. The normalized spacial score (nSPS) is 11.4. The zero-order valence-corrected chi connectivity index (χ0v) is 17.5. The van der Waals surface area contributed by atoms with Crippen LogP contribution in [0, 0.1) is 12.7 Å². The van der Waals surface area contributed by atoms with Gasteiger partial charge in [-0.25, -0.2) is 4.39 Å². The van der Waals surface area contributed by atoms with Crippen molar-refractivity contribution in [3.8, 4) is 5.75 Å². The van der Waals surface area contributed by atoms with Gasteiger partial charge in [-0.2, -0.15) is 0 Å². The standard InChI is InChI=1S/C22H26BFN2O5/c1-4-21(28)26(18-11-6-5-10-17(18)24)14-20(27)25-19(23(29)30)13-12-16-9-7-8-15(2)22(16)31-3/h4-11,19,29-30H,1,12-14H2,2-3H3,(H,25,27). The van der Waals surface area contributed by atoms with Crippen molar-refractivity contribution in [1.82, 2.24) is 5.32 Å². The molecular formula is C22H26BFN2O5. The summed E-state index contributed by atoms with van der Waals surface area (Å²) in [6, 6.07) is 11.2. The van der Waals surface area contributed by atoms with Crippen LogP contribution in [-0.2, 0) is 16.0 Å². The highest BCUT2D eigenvalue weighted by atomic mass is 19.1. The summed E-state index contributed by atoms with van der Waals surface area (Å²) in [6.07, 6.45) is 1.59. The largest absolute Gasteiger partial charge is 0.496 e. The summed E-state index contributed by atoms with van der Waals surface area (Å²) in [5.74, 6) is -2.31. The fourth-order valence-corrected chi connectivity index (χ4v) is 3.27. The van der Waals surface area contributed by atoms with Gasteiger partial charge in [0.1, 0.15) is 18.1 Å². The number of amides is 2. The van der Waals surface area contributed by atoms with Gasteiger partial charge in [0.05, 0.1) is 18.7 Å². The average Bonchev–Trinajstić information content (AvgIpc) is 2.74. The number of ether oxygens (including phenoxy) is 1. The van der Waals surface area contributed by atoms with Crippen molar-refractivity contribution in [3.63, 3.8) is 0 Å². The van der Waals surface area contributed by atoms with Crippen LogP contribution in [0.15, 0.2) is 55.1 Å². The number of rotatable bonds is 10. The minimum atomic E-state index is -1.82. The van der Waals surface area contributed by atoms with Crippen molar-refractivity contribution < 1.29 is 28.8 Å². The van der Waals surface area contributed by atoms with Crippen molar-refractivity contribution >= 4 is 24.6 Å². The van der Waals surface area contributed by atoms with E-state index < -0.39 is 37.2 Å². The molecule has 0 spiro atoms. The zero-order chi connectivity index (χ0) is 23.0. The average molecular weight is 428 g/mol. The third kappa shape index (κ3) is 6.40. The first-order chi connectivity index (χ1) is 14.8. The number of para-hydroxylation sites is 2. The van der Waals surface area contributed by atoms with Crippen molar-refractivity contribution in [2.75, 3.05) is 18.6 Å². The molecule has 0 bridgehead atoms. The molecule has 0 aliphatic rings. The number of carbonyl (C=O) groups excluding carboxylic acids is 2. The number of methoxy groups -OCH3 is 1. The van der Waals surface area contributed by atoms with Gasteiger partial charge in [0.2, 0.25) is 5.91 Å². The van der Waals surface area contributed by atoms with Crippen LogP contribution < -0.4 is 15.0 Å². The van der Waals surface area contributed by atoms with E-state index in [1.807, 2.05) is 25.1 Å². The second kappa shape index (κ2) is 11.3. The van der Waals surface area contributed by atoms with Gasteiger partial charge in [0, 0.05) is 0 Å². The molecule has 0 aromatic heterocycles. The Labute approximate surface area is 181 Å². The van der Waals surface area contributed by atoms with Gasteiger partial charge in [-0.05, 0) is 49.1 Å². The summed E-state index contributed by atoms with van der Waals surface area (Å²) in [5.41, 5.74) is 1.72. The molecule has 1 unspecified atom stereocenters. The molecule has 0 aliphatic carbocycles. The second-order valence-electron chi connectivity index (χ2n) is 6.97. The smallest absolute Gasteiger partial charge is 0.475 e. The quantitative estimate of drug-likeness (QED) is 0.396. The third-order valence-electron chi connectivity index (χ3n) is 4.81. The van der Waals surface area contributed by atoms with E-state index in [1.165, 1.54) is 24.3 Å². The molecule has 0 radical (unpaired) electrons. The number of hydrogen-bond acceptors (Lipinski definition) is 5. The Bertz CT molecular complexity index is 938. The zero-order valence-electron chi connectivity index (χ0n) is 17.5. The summed E-state index contributed by atoms with van der Waals surface area (Å²) < 4.78 is 19.5. The van der Waals surface area contributed by atoms with E-state index in [4.69, 9.17) is 4.74 Å². The lowest BCUT2D eigenvalue weighted by atomic mass is 9.76. The van der Waals surface area contributed by atoms with E-state index in [2.05, 4.69) is 11.9 Å². The number of halogens is 1. The van der Waals surface area contributed by atoms with Crippen LogP contribution in [0.4, 0.5) is 10.1 Å². The predicted octanol–water partition coefficient (Wildman–Crippen LogP) is 1.79. The van der Waals surface area contributed by atoms with E-state index in [0.717, 1.165) is 22.1 Å². The minimum absolute atomic E-state index is 0.0758. The number of aryl methyl sites for hydroxylation is 2. The monoisotopic (exact) mass is 428 g/mol.